The predicted octanol–water partition coefficient (Wildman–Crippen LogP) is 2.30. The van der Waals surface area contributed by atoms with Gasteiger partial charge in [-0.2, -0.15) is 0 Å². The number of carbonyl (C=O) groups is 1. The van der Waals surface area contributed by atoms with Crippen LogP contribution in [-0.4, -0.2) is 66.1 Å². The van der Waals surface area contributed by atoms with Crippen molar-refractivity contribution in [2.45, 2.75) is 12.8 Å². The van der Waals surface area contributed by atoms with Gasteiger partial charge in [-0.05, 0) is 50.0 Å². The van der Waals surface area contributed by atoms with Crippen LogP contribution >= 0.6 is 0 Å². The Balaban J connectivity index is 1.72. The molecule has 0 radical (unpaired) electrons. The van der Waals surface area contributed by atoms with Crippen LogP contribution in [0.3, 0.4) is 0 Å². The van der Waals surface area contributed by atoms with Gasteiger partial charge in [0.25, 0.3) is 0 Å². The summed E-state index contributed by atoms with van der Waals surface area (Å²) in [7, 11) is 1.33. The number of methoxy groups -OCH3 is 1. The van der Waals surface area contributed by atoms with Gasteiger partial charge >= 0.3 is 5.97 Å². The third-order valence-corrected chi connectivity index (χ3v) is 5.00. The number of halogens is 1. The van der Waals surface area contributed by atoms with Crippen LogP contribution in [0.5, 0.6) is 5.75 Å². The van der Waals surface area contributed by atoms with Gasteiger partial charge in [0.15, 0.2) is 28.7 Å². The van der Waals surface area contributed by atoms with Gasteiger partial charge in [-0.15, -0.1) is 0 Å². The molecular formula is C19H24FN3O5. The van der Waals surface area contributed by atoms with Crippen LogP contribution in [0.25, 0.3) is 11.3 Å². The van der Waals surface area contributed by atoms with Crippen molar-refractivity contribution < 1.29 is 28.7 Å². The predicted molar refractivity (Wildman–Crippen MR) is 100 cm³/mol. The monoisotopic (exact) mass is 393 g/mol. The Kier molecular flexibility index (Phi) is 6.48. The van der Waals surface area contributed by atoms with E-state index >= 15 is 0 Å². The third-order valence-electron chi connectivity index (χ3n) is 5.00. The third kappa shape index (κ3) is 4.42. The van der Waals surface area contributed by atoms with E-state index in [9.17, 15) is 14.3 Å². The molecule has 2 aromatic rings. The molecule has 0 amide bonds. The molecule has 3 N–H and O–H groups in total. The molecule has 1 aromatic carbocycles. The average Bonchev–Trinajstić information content (AvgIpc) is 3.12. The number of aromatic nitrogens is 1. The van der Waals surface area contributed by atoms with Gasteiger partial charge in [0.2, 0.25) is 0 Å². The first-order chi connectivity index (χ1) is 13.5. The van der Waals surface area contributed by atoms with Crippen molar-refractivity contribution in [3.8, 4) is 17.1 Å². The topological polar surface area (TPSA) is 108 Å². The van der Waals surface area contributed by atoms with Crippen molar-refractivity contribution in [1.82, 2.24) is 10.1 Å². The Morgan fingerprint density at radius 1 is 1.43 bits per heavy atom. The maximum absolute atomic E-state index is 13.6. The molecule has 28 heavy (non-hydrogen) atoms. The lowest BCUT2D eigenvalue weighted by Crippen LogP contribution is -2.37. The van der Waals surface area contributed by atoms with Crippen molar-refractivity contribution in [2.24, 2.45) is 5.92 Å². The summed E-state index contributed by atoms with van der Waals surface area (Å²) in [6, 6.07) is 3.99. The summed E-state index contributed by atoms with van der Waals surface area (Å²) in [6.07, 6.45) is 1.91. The molecule has 8 nitrogen and oxygen atoms in total. The standard InChI is InChI=1S/C19H24FN3O5/c1-27-15-10-13(2-3-14(15)20)17-16(19(25)26)18(22-28-17)21-11-12-4-6-23(7-5-12)8-9-24/h2-3,10,12,24H,4-9,11H2,1H3,(H,21,22)(H,25,26). The quantitative estimate of drug-likeness (QED) is 0.627. The number of nitrogens with one attached hydrogen (secondary N) is 1. The molecule has 152 valence electrons. The van der Waals surface area contributed by atoms with Crippen molar-refractivity contribution in [3.63, 3.8) is 0 Å². The van der Waals surface area contributed by atoms with Crippen LogP contribution < -0.4 is 10.1 Å². The van der Waals surface area contributed by atoms with Crippen LogP contribution in [-0.2, 0) is 0 Å². The van der Waals surface area contributed by atoms with E-state index in [1.165, 1.54) is 25.3 Å². The molecule has 9 heteroatoms. The summed E-state index contributed by atoms with van der Waals surface area (Å²) >= 11 is 0. The van der Waals surface area contributed by atoms with E-state index in [2.05, 4.69) is 15.4 Å². The number of aliphatic hydroxyl groups is 1. The zero-order valence-corrected chi connectivity index (χ0v) is 15.7. The number of β-amino-alcohol motifs (C(OH)–C–C–N with tert-alkyl or cyclic N) is 1. The number of aromatic carboxylic acids is 1. The van der Waals surface area contributed by atoms with Crippen LogP contribution in [0, 0.1) is 11.7 Å². The van der Waals surface area contributed by atoms with Crippen molar-refractivity contribution >= 4 is 11.8 Å². The molecule has 0 aliphatic carbocycles. The maximum Gasteiger partial charge on any atom is 0.343 e. The van der Waals surface area contributed by atoms with E-state index in [1.54, 1.807) is 0 Å². The summed E-state index contributed by atoms with van der Waals surface area (Å²) in [5.74, 6) is -1.15. The van der Waals surface area contributed by atoms with Crippen molar-refractivity contribution in [1.29, 1.82) is 0 Å². The fraction of sp³-hybridized carbons (Fsp3) is 0.474. The lowest BCUT2D eigenvalue weighted by Gasteiger charge is -2.31. The molecule has 3 rings (SSSR count). The molecule has 1 aliphatic heterocycles. The largest absolute Gasteiger partial charge is 0.494 e. The summed E-state index contributed by atoms with van der Waals surface area (Å²) in [5, 5.41) is 25.6. The molecule has 0 saturated carbocycles. The number of ether oxygens (including phenoxy) is 1. The number of carboxylic acids is 1. The summed E-state index contributed by atoms with van der Waals surface area (Å²) in [5.41, 5.74) is 0.278. The number of hydrogen-bond acceptors (Lipinski definition) is 7. The van der Waals surface area contributed by atoms with Gasteiger partial charge < -0.3 is 29.7 Å². The van der Waals surface area contributed by atoms with Gasteiger partial charge in [0.05, 0.1) is 13.7 Å². The Hall–Kier alpha value is -2.65. The zero-order chi connectivity index (χ0) is 20.1. The number of rotatable bonds is 8. The lowest BCUT2D eigenvalue weighted by molar-refractivity contribution is 0.0698. The first-order valence-electron chi connectivity index (χ1n) is 9.17. The van der Waals surface area contributed by atoms with Gasteiger partial charge in [0, 0.05) is 18.7 Å². The second-order valence-electron chi connectivity index (χ2n) is 6.78. The first-order valence-corrected chi connectivity index (χ1v) is 9.17. The smallest absolute Gasteiger partial charge is 0.343 e. The molecule has 0 unspecified atom stereocenters. The molecule has 0 spiro atoms. The fourth-order valence-electron chi connectivity index (χ4n) is 3.40. The number of hydrogen-bond donors (Lipinski definition) is 3. The Morgan fingerprint density at radius 2 is 2.18 bits per heavy atom. The number of aliphatic hydroxyl groups excluding tert-OH is 1. The van der Waals surface area contributed by atoms with Crippen LogP contribution in [0.15, 0.2) is 22.7 Å². The van der Waals surface area contributed by atoms with E-state index in [1.807, 2.05) is 0 Å². The van der Waals surface area contributed by atoms with Crippen molar-refractivity contribution in [2.75, 3.05) is 45.2 Å². The Morgan fingerprint density at radius 3 is 2.82 bits per heavy atom. The molecule has 1 fully saturated rings. The highest BCUT2D eigenvalue weighted by Crippen LogP contribution is 2.32. The molecule has 1 aromatic heterocycles. The molecular weight excluding hydrogens is 369 g/mol. The van der Waals surface area contributed by atoms with E-state index in [-0.39, 0.29) is 29.5 Å². The number of likely N-dealkylation sites (tertiary alicyclic amines) is 1. The summed E-state index contributed by atoms with van der Waals surface area (Å²) in [6.45, 7) is 3.21. The van der Waals surface area contributed by atoms with E-state index < -0.39 is 11.8 Å². The highest BCUT2D eigenvalue weighted by Gasteiger charge is 2.26. The molecule has 1 aliphatic rings. The normalized spacial score (nSPS) is 15.5. The number of benzene rings is 1. The van der Waals surface area contributed by atoms with Crippen LogP contribution in [0.2, 0.25) is 0 Å². The number of piperidine rings is 1. The highest BCUT2D eigenvalue weighted by molar-refractivity contribution is 5.99. The fourth-order valence-corrected chi connectivity index (χ4v) is 3.40. The van der Waals surface area contributed by atoms with Crippen LogP contribution in [0.1, 0.15) is 23.2 Å². The number of anilines is 1. The minimum absolute atomic E-state index is 0.00520. The second-order valence-corrected chi connectivity index (χ2v) is 6.78. The maximum atomic E-state index is 13.6. The van der Waals surface area contributed by atoms with Crippen LogP contribution in [0.4, 0.5) is 10.2 Å². The van der Waals surface area contributed by atoms with E-state index in [4.69, 9.17) is 14.4 Å². The average molecular weight is 393 g/mol. The number of nitrogens with zero attached hydrogens (tertiary/aromatic N) is 2. The molecule has 0 bridgehead atoms. The second kappa shape index (κ2) is 9.03. The van der Waals surface area contributed by atoms with E-state index in [0.717, 1.165) is 25.9 Å². The van der Waals surface area contributed by atoms with Crippen molar-refractivity contribution in [3.05, 3.63) is 29.6 Å². The lowest BCUT2D eigenvalue weighted by atomic mass is 9.96. The minimum Gasteiger partial charge on any atom is -0.494 e. The minimum atomic E-state index is -1.18. The zero-order valence-electron chi connectivity index (χ0n) is 15.7. The SMILES string of the molecule is COc1cc(-c2onc(NCC3CCN(CCO)CC3)c2C(=O)O)ccc1F. The molecule has 2 heterocycles. The Labute approximate surface area is 161 Å². The number of carboxylic acid groups (broad SMARTS) is 1. The Bertz CT molecular complexity index is 818. The summed E-state index contributed by atoms with van der Waals surface area (Å²) in [4.78, 5) is 14.0. The molecule has 1 saturated heterocycles. The van der Waals surface area contributed by atoms with Gasteiger partial charge in [0.1, 0.15) is 0 Å². The molecule has 0 atom stereocenters. The van der Waals surface area contributed by atoms with Gasteiger partial charge in [-0.3, -0.25) is 0 Å². The first kappa shape index (κ1) is 20.1. The van der Waals surface area contributed by atoms with Gasteiger partial charge in [-0.1, -0.05) is 5.16 Å². The highest BCUT2D eigenvalue weighted by atomic mass is 19.1. The van der Waals surface area contributed by atoms with Gasteiger partial charge in [-0.25, -0.2) is 9.18 Å². The van der Waals surface area contributed by atoms with E-state index in [0.29, 0.717) is 24.6 Å². The summed E-state index contributed by atoms with van der Waals surface area (Å²) < 4.78 is 23.8.